The first-order valence-electron chi connectivity index (χ1n) is 7.79. The van der Waals surface area contributed by atoms with Crippen molar-refractivity contribution in [1.82, 2.24) is 9.88 Å². The van der Waals surface area contributed by atoms with E-state index in [4.69, 9.17) is 14.4 Å². The molecule has 130 valence electrons. The topological polar surface area (TPSA) is 96.4 Å². The summed E-state index contributed by atoms with van der Waals surface area (Å²) in [6, 6.07) is 11.1. The zero-order valence-electron chi connectivity index (χ0n) is 14.4. The molecule has 0 saturated carbocycles. The third kappa shape index (κ3) is 4.44. The van der Waals surface area contributed by atoms with Gasteiger partial charge in [0.25, 0.3) is 5.91 Å². The van der Waals surface area contributed by atoms with E-state index >= 15 is 0 Å². The monoisotopic (exact) mass is 341 g/mol. The van der Waals surface area contributed by atoms with Crippen LogP contribution in [0.25, 0.3) is 11.5 Å². The molecule has 1 aromatic heterocycles. The lowest BCUT2D eigenvalue weighted by atomic mass is 10.2. The van der Waals surface area contributed by atoms with Crippen molar-refractivity contribution in [3.8, 4) is 17.5 Å². The van der Waals surface area contributed by atoms with Crippen LogP contribution in [-0.2, 0) is 9.53 Å². The van der Waals surface area contributed by atoms with Crippen LogP contribution in [0.3, 0.4) is 0 Å². The summed E-state index contributed by atoms with van der Waals surface area (Å²) >= 11 is 0. The molecule has 0 fully saturated rings. The molecule has 0 saturated heterocycles. The van der Waals surface area contributed by atoms with E-state index in [2.05, 4.69) is 4.98 Å². The van der Waals surface area contributed by atoms with Gasteiger partial charge in [0.2, 0.25) is 5.89 Å². The first-order valence-corrected chi connectivity index (χ1v) is 7.79. The normalized spacial score (nSPS) is 11.4. The Morgan fingerprint density at radius 3 is 2.68 bits per heavy atom. The molecule has 0 radical (unpaired) electrons. The number of nitriles is 1. The highest BCUT2D eigenvalue weighted by molar-refractivity contribution is 5.91. The molecule has 0 aliphatic carbocycles. The maximum absolute atomic E-state index is 12.3. The van der Waals surface area contributed by atoms with Crippen LogP contribution in [0.5, 0.6) is 0 Å². The predicted octanol–water partition coefficient (Wildman–Crippen LogP) is 2.57. The Morgan fingerprint density at radius 2 is 2.04 bits per heavy atom. The SMILES string of the molecule is Cc1oc(-c2ccccc2)nc1C(=O)O[C@@H](C)C(=O)N(C)CCC#N. The number of oxazole rings is 1. The van der Waals surface area contributed by atoms with E-state index in [0.717, 1.165) is 5.56 Å². The third-order valence-electron chi connectivity index (χ3n) is 3.58. The number of hydrogen-bond donors (Lipinski definition) is 0. The molecule has 1 atom stereocenters. The largest absolute Gasteiger partial charge is 0.448 e. The summed E-state index contributed by atoms with van der Waals surface area (Å²) in [5, 5.41) is 8.56. The van der Waals surface area contributed by atoms with Crippen molar-refractivity contribution in [2.45, 2.75) is 26.4 Å². The number of benzene rings is 1. The van der Waals surface area contributed by atoms with Gasteiger partial charge in [-0.3, -0.25) is 4.79 Å². The number of amides is 1. The quantitative estimate of drug-likeness (QED) is 0.749. The fraction of sp³-hybridized carbons (Fsp3) is 0.333. The van der Waals surface area contributed by atoms with E-state index in [0.29, 0.717) is 11.7 Å². The van der Waals surface area contributed by atoms with Crippen molar-refractivity contribution in [2.24, 2.45) is 0 Å². The molecule has 0 unspecified atom stereocenters. The molecule has 0 aliphatic rings. The molecule has 1 amide bonds. The molecule has 1 aromatic carbocycles. The second-order valence-corrected chi connectivity index (χ2v) is 5.51. The van der Waals surface area contributed by atoms with Crippen molar-refractivity contribution < 1.29 is 18.7 Å². The summed E-state index contributed by atoms with van der Waals surface area (Å²) in [4.78, 5) is 29.9. The molecule has 7 heteroatoms. The fourth-order valence-corrected chi connectivity index (χ4v) is 2.20. The molecule has 0 spiro atoms. The minimum atomic E-state index is -0.979. The zero-order chi connectivity index (χ0) is 18.4. The van der Waals surface area contributed by atoms with E-state index < -0.39 is 12.1 Å². The van der Waals surface area contributed by atoms with Gasteiger partial charge in [-0.05, 0) is 26.0 Å². The maximum Gasteiger partial charge on any atom is 0.361 e. The van der Waals surface area contributed by atoms with Crippen LogP contribution in [0.2, 0.25) is 0 Å². The number of hydrogen-bond acceptors (Lipinski definition) is 6. The van der Waals surface area contributed by atoms with Gasteiger partial charge in [-0.2, -0.15) is 5.26 Å². The molecule has 2 rings (SSSR count). The smallest absolute Gasteiger partial charge is 0.361 e. The summed E-state index contributed by atoms with van der Waals surface area (Å²) < 4.78 is 10.7. The number of carbonyl (C=O) groups is 2. The average Bonchev–Trinajstić information content (AvgIpc) is 3.01. The summed E-state index contributed by atoms with van der Waals surface area (Å²) in [5.74, 6) is -0.470. The number of likely N-dealkylation sites (N-methyl/N-ethyl adjacent to an activating group) is 1. The van der Waals surface area contributed by atoms with Crippen LogP contribution >= 0.6 is 0 Å². The Morgan fingerprint density at radius 1 is 1.36 bits per heavy atom. The van der Waals surface area contributed by atoms with E-state index in [9.17, 15) is 9.59 Å². The van der Waals surface area contributed by atoms with E-state index in [1.54, 1.807) is 14.0 Å². The number of ether oxygens (including phenoxy) is 1. The van der Waals surface area contributed by atoms with Gasteiger partial charge in [-0.25, -0.2) is 9.78 Å². The van der Waals surface area contributed by atoms with Gasteiger partial charge in [0.1, 0.15) is 5.76 Å². The van der Waals surface area contributed by atoms with Gasteiger partial charge < -0.3 is 14.1 Å². The van der Waals surface area contributed by atoms with Crippen LogP contribution in [0.1, 0.15) is 29.6 Å². The first-order chi connectivity index (χ1) is 11.9. The number of nitrogens with zero attached hydrogens (tertiary/aromatic N) is 3. The van der Waals surface area contributed by atoms with Crippen molar-refractivity contribution in [3.63, 3.8) is 0 Å². The highest BCUT2D eigenvalue weighted by Crippen LogP contribution is 2.22. The number of esters is 1. The zero-order valence-corrected chi connectivity index (χ0v) is 14.4. The van der Waals surface area contributed by atoms with Gasteiger partial charge in [0.15, 0.2) is 11.8 Å². The van der Waals surface area contributed by atoms with E-state index in [1.165, 1.54) is 11.8 Å². The minimum absolute atomic E-state index is 0.0400. The third-order valence-corrected chi connectivity index (χ3v) is 3.58. The van der Waals surface area contributed by atoms with Crippen molar-refractivity contribution in [2.75, 3.05) is 13.6 Å². The number of aryl methyl sites for hydroxylation is 1. The number of rotatable bonds is 6. The number of carbonyl (C=O) groups excluding carboxylic acids is 2. The van der Waals surface area contributed by atoms with Crippen LogP contribution in [-0.4, -0.2) is 41.5 Å². The minimum Gasteiger partial charge on any atom is -0.448 e. The van der Waals surface area contributed by atoms with Crippen molar-refractivity contribution in [3.05, 3.63) is 41.8 Å². The highest BCUT2D eigenvalue weighted by Gasteiger charge is 2.25. The van der Waals surface area contributed by atoms with Crippen molar-refractivity contribution in [1.29, 1.82) is 5.26 Å². The van der Waals surface area contributed by atoms with Crippen LogP contribution < -0.4 is 0 Å². The van der Waals surface area contributed by atoms with Gasteiger partial charge in [-0.15, -0.1) is 0 Å². The summed E-state index contributed by atoms with van der Waals surface area (Å²) in [5.41, 5.74) is 0.781. The first kappa shape index (κ1) is 18.2. The Kier molecular flexibility index (Phi) is 5.90. The molecule has 0 N–H and O–H groups in total. The van der Waals surface area contributed by atoms with Crippen molar-refractivity contribution >= 4 is 11.9 Å². The molecule has 2 aromatic rings. The fourth-order valence-electron chi connectivity index (χ4n) is 2.20. The van der Waals surface area contributed by atoms with Crippen LogP contribution in [0.15, 0.2) is 34.7 Å². The molecule has 0 bridgehead atoms. The Balaban J connectivity index is 2.07. The van der Waals surface area contributed by atoms with Gasteiger partial charge in [-0.1, -0.05) is 18.2 Å². The lowest BCUT2D eigenvalue weighted by Gasteiger charge is -2.20. The van der Waals surface area contributed by atoms with Crippen LogP contribution in [0.4, 0.5) is 0 Å². The maximum atomic E-state index is 12.3. The molecule has 0 aliphatic heterocycles. The molecular formula is C18H19N3O4. The second-order valence-electron chi connectivity index (χ2n) is 5.51. The summed E-state index contributed by atoms with van der Waals surface area (Å²) in [7, 11) is 1.55. The standard InChI is InChI=1S/C18H19N3O4/c1-12-15(20-16(24-12)14-8-5-4-6-9-14)18(23)25-13(2)17(22)21(3)11-7-10-19/h4-6,8-9,13H,7,11H2,1-3H3/t13-/m0/s1. The Hall–Kier alpha value is -3.14. The Bertz CT molecular complexity index is 792. The molecule has 7 nitrogen and oxygen atoms in total. The molecular weight excluding hydrogens is 322 g/mol. The van der Waals surface area contributed by atoms with Gasteiger partial charge >= 0.3 is 5.97 Å². The Labute approximate surface area is 145 Å². The van der Waals surface area contributed by atoms with Gasteiger partial charge in [0, 0.05) is 19.2 Å². The average molecular weight is 341 g/mol. The lowest BCUT2D eigenvalue weighted by Crippen LogP contribution is -2.38. The summed E-state index contributed by atoms with van der Waals surface area (Å²) in [6.45, 7) is 3.37. The number of aromatic nitrogens is 1. The van der Waals surface area contributed by atoms with E-state index in [1.807, 2.05) is 36.4 Å². The van der Waals surface area contributed by atoms with Gasteiger partial charge in [0.05, 0.1) is 12.5 Å². The van der Waals surface area contributed by atoms with E-state index in [-0.39, 0.29) is 24.6 Å². The van der Waals surface area contributed by atoms with Crippen LogP contribution in [0, 0.1) is 18.3 Å². The second kappa shape index (κ2) is 8.11. The summed E-state index contributed by atoms with van der Waals surface area (Å²) in [6.07, 6.45) is -0.765. The molecule has 25 heavy (non-hydrogen) atoms. The molecule has 1 heterocycles. The lowest BCUT2D eigenvalue weighted by molar-refractivity contribution is -0.138. The highest BCUT2D eigenvalue weighted by atomic mass is 16.5. The predicted molar refractivity (Wildman–Crippen MR) is 89.4 cm³/mol.